The van der Waals surface area contributed by atoms with Crippen molar-refractivity contribution >= 4 is 34.5 Å². The Kier molecular flexibility index (Phi) is 10.8. The Balaban J connectivity index is 1.79. The SMILES string of the molecule is C=C/C(=C\C(Cl)=C(/N)Oc1ccnc2cc(OC)c(OC)cc12)NC(=O)CN(Cc1ccccc1)C(=O)OC(C)(C)C. The van der Waals surface area contributed by atoms with Crippen molar-refractivity contribution in [3.8, 4) is 17.2 Å². The van der Waals surface area contributed by atoms with E-state index in [1.165, 1.54) is 31.3 Å². The predicted octanol–water partition coefficient (Wildman–Crippen LogP) is 5.62. The fourth-order valence-electron chi connectivity index (χ4n) is 3.75. The second-order valence-electron chi connectivity index (χ2n) is 10.0. The van der Waals surface area contributed by atoms with Gasteiger partial charge in [0.15, 0.2) is 11.5 Å². The van der Waals surface area contributed by atoms with E-state index in [0.29, 0.717) is 28.2 Å². The van der Waals surface area contributed by atoms with Gasteiger partial charge in [0.2, 0.25) is 11.8 Å². The van der Waals surface area contributed by atoms with Gasteiger partial charge in [-0.1, -0.05) is 48.5 Å². The number of aromatic nitrogens is 1. The molecule has 0 saturated carbocycles. The summed E-state index contributed by atoms with van der Waals surface area (Å²) >= 11 is 6.44. The number of hydrogen-bond acceptors (Lipinski definition) is 8. The lowest BCUT2D eigenvalue weighted by Crippen LogP contribution is -2.42. The van der Waals surface area contributed by atoms with Crippen LogP contribution in [0.2, 0.25) is 0 Å². The molecule has 0 aliphatic rings. The highest BCUT2D eigenvalue weighted by Crippen LogP contribution is 2.35. The van der Waals surface area contributed by atoms with Crippen LogP contribution >= 0.6 is 11.6 Å². The Morgan fingerprint density at radius 1 is 1.07 bits per heavy atom. The summed E-state index contributed by atoms with van der Waals surface area (Å²) in [6, 6.07) is 14.3. The number of carbonyl (C=O) groups is 2. The molecule has 3 aromatic rings. The number of pyridine rings is 1. The summed E-state index contributed by atoms with van der Waals surface area (Å²) in [6.45, 7) is 8.90. The minimum atomic E-state index is -0.734. The van der Waals surface area contributed by atoms with Gasteiger partial charge in [-0.2, -0.15) is 0 Å². The van der Waals surface area contributed by atoms with Gasteiger partial charge in [0, 0.05) is 29.9 Å². The molecule has 2 aromatic carbocycles. The maximum absolute atomic E-state index is 13.0. The monoisotopic (exact) mass is 594 g/mol. The van der Waals surface area contributed by atoms with Gasteiger partial charge >= 0.3 is 6.09 Å². The Morgan fingerprint density at radius 3 is 2.36 bits per heavy atom. The molecule has 3 N–H and O–H groups in total. The van der Waals surface area contributed by atoms with Crippen LogP contribution in [-0.2, 0) is 16.1 Å². The van der Waals surface area contributed by atoms with E-state index in [4.69, 9.17) is 36.3 Å². The maximum Gasteiger partial charge on any atom is 0.411 e. The number of methoxy groups -OCH3 is 2. The molecular formula is C31H35ClN4O6. The molecular weight excluding hydrogens is 560 g/mol. The van der Waals surface area contributed by atoms with Crippen LogP contribution < -0.4 is 25.3 Å². The van der Waals surface area contributed by atoms with Crippen LogP contribution in [0.4, 0.5) is 4.79 Å². The summed E-state index contributed by atoms with van der Waals surface area (Å²) in [4.78, 5) is 31.5. The van der Waals surface area contributed by atoms with Crippen molar-refractivity contribution in [2.45, 2.75) is 32.9 Å². The number of hydrogen-bond donors (Lipinski definition) is 2. The number of nitrogens with two attached hydrogens (primary N) is 1. The zero-order valence-corrected chi connectivity index (χ0v) is 25.0. The summed E-state index contributed by atoms with van der Waals surface area (Å²) in [6.07, 6.45) is 3.72. The number of ether oxygens (including phenoxy) is 4. The zero-order valence-electron chi connectivity index (χ0n) is 24.3. The van der Waals surface area contributed by atoms with Gasteiger partial charge in [-0.05, 0) is 50.6 Å². The average Bonchev–Trinajstić information content (AvgIpc) is 2.95. The second kappa shape index (κ2) is 14.3. The molecule has 1 aromatic heterocycles. The van der Waals surface area contributed by atoms with Gasteiger partial charge in [0.05, 0.1) is 19.7 Å². The van der Waals surface area contributed by atoms with E-state index in [1.807, 2.05) is 30.3 Å². The highest BCUT2D eigenvalue weighted by Gasteiger charge is 2.24. The summed E-state index contributed by atoms with van der Waals surface area (Å²) in [7, 11) is 3.06. The van der Waals surface area contributed by atoms with Gasteiger partial charge in [-0.25, -0.2) is 4.79 Å². The van der Waals surface area contributed by atoms with E-state index in [0.717, 1.165) is 5.56 Å². The lowest BCUT2D eigenvalue weighted by Gasteiger charge is -2.27. The van der Waals surface area contributed by atoms with Gasteiger partial charge < -0.3 is 30.0 Å². The first kappa shape index (κ1) is 31.8. The maximum atomic E-state index is 13.0. The van der Waals surface area contributed by atoms with E-state index in [2.05, 4.69) is 16.9 Å². The molecule has 0 fully saturated rings. The van der Waals surface area contributed by atoms with Gasteiger partial charge in [0.25, 0.3) is 0 Å². The number of nitrogens with one attached hydrogen (secondary N) is 1. The van der Waals surface area contributed by atoms with E-state index >= 15 is 0 Å². The highest BCUT2D eigenvalue weighted by atomic mass is 35.5. The summed E-state index contributed by atoms with van der Waals surface area (Å²) in [5.74, 6) is 0.753. The third kappa shape index (κ3) is 8.90. The van der Waals surface area contributed by atoms with Crippen LogP contribution in [0.5, 0.6) is 17.2 Å². The number of fused-ring (bicyclic) bond motifs is 1. The van der Waals surface area contributed by atoms with Crippen molar-refractivity contribution in [2.24, 2.45) is 5.73 Å². The first-order valence-corrected chi connectivity index (χ1v) is 13.3. The summed E-state index contributed by atoms with van der Waals surface area (Å²) in [5.41, 5.74) is 7.09. The minimum Gasteiger partial charge on any atom is -0.493 e. The Hall–Kier alpha value is -4.70. The molecule has 0 unspecified atom stereocenters. The standard InChI is InChI=1S/C31H35ClN4O6/c1-7-21(35-28(37)19-36(30(38)42-31(2,3)4)18-20-11-9-8-10-12-20)15-23(32)29(33)41-25-13-14-34-24-17-27(40-6)26(39-5)16-22(24)25/h7-17H,1,18-19,33H2,2-6H3,(H,35,37)/b21-15+,29-23-. The van der Waals surface area contributed by atoms with Crippen LogP contribution in [0.1, 0.15) is 26.3 Å². The predicted molar refractivity (Wildman–Crippen MR) is 162 cm³/mol. The first-order valence-electron chi connectivity index (χ1n) is 12.9. The van der Waals surface area contributed by atoms with E-state index in [1.54, 1.807) is 45.2 Å². The van der Waals surface area contributed by atoms with Crippen molar-refractivity contribution in [1.29, 1.82) is 0 Å². The van der Waals surface area contributed by atoms with Crippen molar-refractivity contribution in [2.75, 3.05) is 20.8 Å². The molecule has 11 heteroatoms. The number of amides is 2. The Labute approximate surface area is 250 Å². The van der Waals surface area contributed by atoms with Crippen LogP contribution in [0.3, 0.4) is 0 Å². The number of carbonyl (C=O) groups excluding carboxylic acids is 2. The molecule has 0 bridgehead atoms. The van der Waals surface area contributed by atoms with Crippen molar-refractivity contribution < 1.29 is 28.5 Å². The van der Waals surface area contributed by atoms with E-state index in [9.17, 15) is 9.59 Å². The van der Waals surface area contributed by atoms with Crippen molar-refractivity contribution in [3.63, 3.8) is 0 Å². The summed E-state index contributed by atoms with van der Waals surface area (Å²) < 4.78 is 22.1. The molecule has 0 saturated heterocycles. The molecule has 0 aliphatic carbocycles. The van der Waals surface area contributed by atoms with Crippen molar-refractivity contribution in [3.05, 3.63) is 95.6 Å². The molecule has 2 amide bonds. The number of nitrogens with zero attached hydrogens (tertiary/aromatic N) is 2. The molecule has 42 heavy (non-hydrogen) atoms. The Morgan fingerprint density at radius 2 is 1.74 bits per heavy atom. The molecule has 0 radical (unpaired) electrons. The second-order valence-corrected chi connectivity index (χ2v) is 10.4. The Bertz CT molecular complexity index is 1500. The number of halogens is 1. The molecule has 1 heterocycles. The zero-order chi connectivity index (χ0) is 30.9. The minimum absolute atomic E-state index is 0.00363. The lowest BCUT2D eigenvalue weighted by atomic mass is 10.2. The van der Waals surface area contributed by atoms with Gasteiger partial charge in [0.1, 0.15) is 22.9 Å². The highest BCUT2D eigenvalue weighted by molar-refractivity contribution is 6.31. The topological polar surface area (TPSA) is 125 Å². The number of benzene rings is 2. The quantitative estimate of drug-likeness (QED) is 0.216. The van der Waals surface area contributed by atoms with E-state index in [-0.39, 0.29) is 29.7 Å². The molecule has 222 valence electrons. The third-order valence-corrected chi connectivity index (χ3v) is 5.95. The first-order chi connectivity index (χ1) is 19.9. The lowest BCUT2D eigenvalue weighted by molar-refractivity contribution is -0.121. The van der Waals surface area contributed by atoms with Crippen LogP contribution in [0.15, 0.2) is 90.1 Å². The van der Waals surface area contributed by atoms with Crippen molar-refractivity contribution in [1.82, 2.24) is 15.2 Å². The third-order valence-electron chi connectivity index (χ3n) is 5.65. The summed E-state index contributed by atoms with van der Waals surface area (Å²) in [5, 5.41) is 3.31. The van der Waals surface area contributed by atoms with Gasteiger partial charge in [-0.15, -0.1) is 0 Å². The average molecular weight is 595 g/mol. The molecule has 0 aliphatic heterocycles. The molecule has 10 nitrogen and oxygen atoms in total. The van der Waals surface area contributed by atoms with Crippen LogP contribution in [0.25, 0.3) is 10.9 Å². The number of allylic oxidation sites excluding steroid dienone is 3. The fraction of sp³-hybridized carbons (Fsp3) is 0.258. The largest absolute Gasteiger partial charge is 0.493 e. The molecule has 0 atom stereocenters. The van der Waals surface area contributed by atoms with Crippen LogP contribution in [-0.4, -0.2) is 48.2 Å². The molecule has 0 spiro atoms. The van der Waals surface area contributed by atoms with Gasteiger partial charge in [-0.3, -0.25) is 14.7 Å². The fourth-order valence-corrected chi connectivity index (χ4v) is 3.90. The molecule has 3 rings (SSSR count). The van der Waals surface area contributed by atoms with Crippen LogP contribution in [0, 0.1) is 0 Å². The number of rotatable bonds is 11. The smallest absolute Gasteiger partial charge is 0.411 e. The van der Waals surface area contributed by atoms with E-state index < -0.39 is 17.6 Å². The normalized spacial score (nSPS) is 12.2.